The van der Waals surface area contributed by atoms with Crippen LogP contribution in [-0.4, -0.2) is 25.1 Å². The van der Waals surface area contributed by atoms with Gasteiger partial charge in [0.25, 0.3) is 0 Å². The zero-order chi connectivity index (χ0) is 10.4. The number of hydrogen-bond acceptors (Lipinski definition) is 3. The fraction of sp³-hybridized carbons (Fsp3) is 0.400. The van der Waals surface area contributed by atoms with Gasteiger partial charge in [0, 0.05) is 31.7 Å². The van der Waals surface area contributed by atoms with Crippen LogP contribution >= 0.6 is 11.6 Å². The van der Waals surface area contributed by atoms with Gasteiger partial charge in [-0.05, 0) is 17.7 Å². The van der Waals surface area contributed by atoms with E-state index in [9.17, 15) is 0 Å². The largest absolute Gasteiger partial charge is 0.329 e. The Morgan fingerprint density at radius 3 is 2.57 bits per heavy atom. The highest BCUT2D eigenvalue weighted by atomic mass is 35.5. The van der Waals surface area contributed by atoms with Crippen molar-refractivity contribution in [2.45, 2.75) is 6.54 Å². The molecular formula is C10H16ClN3. The molecule has 0 bridgehead atoms. The van der Waals surface area contributed by atoms with Crippen LogP contribution in [0.2, 0.25) is 5.02 Å². The molecular weight excluding hydrogens is 198 g/mol. The third-order valence-corrected chi connectivity index (χ3v) is 2.11. The molecule has 1 aromatic carbocycles. The number of nitrogens with one attached hydrogen (secondary N) is 1. The first-order valence-electron chi connectivity index (χ1n) is 4.61. The van der Waals surface area contributed by atoms with Crippen molar-refractivity contribution in [3.05, 3.63) is 34.9 Å². The Morgan fingerprint density at radius 2 is 2.00 bits per heavy atom. The lowest BCUT2D eigenvalue weighted by Gasteiger charge is -2.17. The second-order valence-corrected chi connectivity index (χ2v) is 3.62. The van der Waals surface area contributed by atoms with E-state index >= 15 is 0 Å². The van der Waals surface area contributed by atoms with E-state index in [-0.39, 0.29) is 0 Å². The molecule has 14 heavy (non-hydrogen) atoms. The fourth-order valence-corrected chi connectivity index (χ4v) is 1.30. The maximum absolute atomic E-state index is 5.79. The summed E-state index contributed by atoms with van der Waals surface area (Å²) in [5.74, 6) is 0. The summed E-state index contributed by atoms with van der Waals surface area (Å²) in [4.78, 5) is 0. The van der Waals surface area contributed by atoms with E-state index in [1.54, 1.807) is 0 Å². The maximum Gasteiger partial charge on any atom is 0.0406 e. The summed E-state index contributed by atoms with van der Waals surface area (Å²) in [6.45, 7) is 2.28. The van der Waals surface area contributed by atoms with Gasteiger partial charge in [-0.25, -0.2) is 5.01 Å². The van der Waals surface area contributed by atoms with Crippen molar-refractivity contribution in [3.63, 3.8) is 0 Å². The molecule has 0 aromatic heterocycles. The third kappa shape index (κ3) is 4.07. The quantitative estimate of drug-likeness (QED) is 0.724. The van der Waals surface area contributed by atoms with Crippen LogP contribution in [0, 0.1) is 0 Å². The lowest BCUT2D eigenvalue weighted by Crippen LogP contribution is -2.37. The van der Waals surface area contributed by atoms with Gasteiger partial charge in [0.15, 0.2) is 0 Å². The van der Waals surface area contributed by atoms with Gasteiger partial charge in [-0.2, -0.15) is 0 Å². The summed E-state index contributed by atoms with van der Waals surface area (Å²) < 4.78 is 0. The molecule has 0 aliphatic heterocycles. The molecule has 0 saturated heterocycles. The van der Waals surface area contributed by atoms with E-state index in [1.807, 2.05) is 36.3 Å². The van der Waals surface area contributed by atoms with Crippen molar-refractivity contribution in [2.24, 2.45) is 5.73 Å². The third-order valence-electron chi connectivity index (χ3n) is 1.86. The summed E-state index contributed by atoms with van der Waals surface area (Å²) >= 11 is 5.79. The molecule has 1 rings (SSSR count). The van der Waals surface area contributed by atoms with Gasteiger partial charge in [0.1, 0.15) is 0 Å². The molecule has 3 N–H and O–H groups in total. The zero-order valence-corrected chi connectivity index (χ0v) is 9.09. The zero-order valence-electron chi connectivity index (χ0n) is 8.33. The van der Waals surface area contributed by atoms with Crippen molar-refractivity contribution in [2.75, 3.05) is 20.1 Å². The Bertz CT molecular complexity index is 261. The first kappa shape index (κ1) is 11.5. The number of hydrogen-bond donors (Lipinski definition) is 2. The summed E-state index contributed by atoms with van der Waals surface area (Å²) in [6, 6.07) is 7.83. The summed E-state index contributed by atoms with van der Waals surface area (Å²) in [5, 5.41) is 2.78. The lowest BCUT2D eigenvalue weighted by atomic mass is 10.2. The number of benzene rings is 1. The van der Waals surface area contributed by atoms with E-state index < -0.39 is 0 Å². The Hall–Kier alpha value is -0.610. The van der Waals surface area contributed by atoms with E-state index in [0.29, 0.717) is 6.54 Å². The van der Waals surface area contributed by atoms with Gasteiger partial charge >= 0.3 is 0 Å². The molecule has 0 fully saturated rings. The van der Waals surface area contributed by atoms with E-state index in [4.69, 9.17) is 17.3 Å². The van der Waals surface area contributed by atoms with Gasteiger partial charge in [0.2, 0.25) is 0 Å². The van der Waals surface area contributed by atoms with E-state index in [0.717, 1.165) is 18.1 Å². The van der Waals surface area contributed by atoms with Gasteiger partial charge < -0.3 is 5.73 Å². The summed E-state index contributed by atoms with van der Waals surface area (Å²) in [5.41, 5.74) is 9.78. The van der Waals surface area contributed by atoms with Crippen molar-refractivity contribution in [1.82, 2.24) is 10.4 Å². The van der Waals surface area contributed by atoms with Crippen LogP contribution in [0.3, 0.4) is 0 Å². The van der Waals surface area contributed by atoms with Gasteiger partial charge in [0.05, 0.1) is 0 Å². The minimum atomic E-state index is 0.644. The molecule has 4 heteroatoms. The highest BCUT2D eigenvalue weighted by Crippen LogP contribution is 2.10. The Kier molecular flexibility index (Phi) is 4.90. The summed E-state index contributed by atoms with van der Waals surface area (Å²) in [7, 11) is 1.99. The normalized spacial score (nSPS) is 10.9. The second kappa shape index (κ2) is 5.98. The predicted octanol–water partition coefficient (Wildman–Crippen LogP) is 1.24. The maximum atomic E-state index is 5.79. The molecule has 0 heterocycles. The molecule has 0 spiro atoms. The molecule has 3 nitrogen and oxygen atoms in total. The van der Waals surface area contributed by atoms with Crippen molar-refractivity contribution in [1.29, 1.82) is 0 Å². The molecule has 0 saturated carbocycles. The summed E-state index contributed by atoms with van der Waals surface area (Å²) in [6.07, 6.45) is 0. The number of hydrazine groups is 1. The number of rotatable bonds is 5. The Morgan fingerprint density at radius 1 is 1.36 bits per heavy atom. The highest BCUT2D eigenvalue weighted by Gasteiger charge is 1.98. The van der Waals surface area contributed by atoms with E-state index in [1.165, 1.54) is 5.56 Å². The predicted molar refractivity (Wildman–Crippen MR) is 60.0 cm³/mol. The minimum absolute atomic E-state index is 0.644. The molecule has 0 atom stereocenters. The molecule has 0 amide bonds. The number of halogens is 1. The molecule has 0 radical (unpaired) electrons. The highest BCUT2D eigenvalue weighted by molar-refractivity contribution is 6.30. The van der Waals surface area contributed by atoms with Crippen molar-refractivity contribution >= 4 is 11.6 Å². The fourth-order valence-electron chi connectivity index (χ4n) is 1.17. The monoisotopic (exact) mass is 213 g/mol. The first-order valence-corrected chi connectivity index (χ1v) is 4.99. The van der Waals surface area contributed by atoms with Crippen LogP contribution in [0.25, 0.3) is 0 Å². The number of nitrogens with zero attached hydrogens (tertiary/aromatic N) is 1. The molecule has 1 aromatic rings. The molecule has 0 unspecified atom stereocenters. The van der Waals surface area contributed by atoms with Crippen LogP contribution < -0.4 is 11.2 Å². The van der Waals surface area contributed by atoms with E-state index in [2.05, 4.69) is 5.43 Å². The van der Waals surface area contributed by atoms with Crippen LogP contribution in [0.15, 0.2) is 24.3 Å². The number of nitrogens with two attached hydrogens (primary N) is 1. The molecule has 78 valence electrons. The van der Waals surface area contributed by atoms with Crippen LogP contribution in [0.4, 0.5) is 0 Å². The average molecular weight is 214 g/mol. The topological polar surface area (TPSA) is 41.3 Å². The van der Waals surface area contributed by atoms with Crippen molar-refractivity contribution in [3.8, 4) is 0 Å². The second-order valence-electron chi connectivity index (χ2n) is 3.18. The SMILES string of the molecule is CN(Cc1ccc(Cl)cc1)NCCN. The molecule has 0 aliphatic carbocycles. The van der Waals surface area contributed by atoms with Gasteiger partial charge in [-0.3, -0.25) is 5.43 Å². The average Bonchev–Trinajstić information content (AvgIpc) is 2.18. The lowest BCUT2D eigenvalue weighted by molar-refractivity contribution is 0.230. The minimum Gasteiger partial charge on any atom is -0.329 e. The molecule has 0 aliphatic rings. The van der Waals surface area contributed by atoms with Crippen LogP contribution in [0.1, 0.15) is 5.56 Å². The van der Waals surface area contributed by atoms with Crippen LogP contribution in [0.5, 0.6) is 0 Å². The Labute approximate surface area is 89.8 Å². The smallest absolute Gasteiger partial charge is 0.0406 e. The van der Waals surface area contributed by atoms with Gasteiger partial charge in [-0.1, -0.05) is 23.7 Å². The van der Waals surface area contributed by atoms with Crippen LogP contribution in [-0.2, 0) is 6.54 Å². The first-order chi connectivity index (χ1) is 6.72. The standard InChI is InChI=1S/C10H16ClN3/c1-14(13-7-6-12)8-9-2-4-10(11)5-3-9/h2-5,13H,6-8,12H2,1H3. The van der Waals surface area contributed by atoms with Crippen molar-refractivity contribution < 1.29 is 0 Å². The Balaban J connectivity index is 2.39. The van der Waals surface area contributed by atoms with Gasteiger partial charge in [-0.15, -0.1) is 0 Å².